The van der Waals surface area contributed by atoms with Crippen LogP contribution >= 0.6 is 22.6 Å². The summed E-state index contributed by atoms with van der Waals surface area (Å²) in [6.07, 6.45) is 5.87. The molecular formula is C11H19IO2. The number of ether oxygens (including phenoxy) is 2. The second-order valence-electron chi connectivity index (χ2n) is 4.01. The maximum absolute atomic E-state index is 5.87. The summed E-state index contributed by atoms with van der Waals surface area (Å²) in [4.78, 5) is 0. The van der Waals surface area contributed by atoms with E-state index >= 15 is 0 Å². The van der Waals surface area contributed by atoms with Gasteiger partial charge >= 0.3 is 0 Å². The van der Waals surface area contributed by atoms with E-state index in [9.17, 15) is 0 Å². The van der Waals surface area contributed by atoms with Gasteiger partial charge in [0.25, 0.3) is 0 Å². The molecule has 0 N–H and O–H groups in total. The summed E-state index contributed by atoms with van der Waals surface area (Å²) in [5.74, 6) is 0.594. The molecule has 2 nitrogen and oxygen atoms in total. The fourth-order valence-electron chi connectivity index (χ4n) is 1.51. The maximum Gasteiger partial charge on any atom is 0.167 e. The molecule has 0 radical (unpaired) electrons. The summed E-state index contributed by atoms with van der Waals surface area (Å²) in [6, 6.07) is 0. The van der Waals surface area contributed by atoms with Crippen LogP contribution in [0.1, 0.15) is 27.2 Å². The van der Waals surface area contributed by atoms with Crippen molar-refractivity contribution < 1.29 is 9.47 Å². The summed E-state index contributed by atoms with van der Waals surface area (Å²) in [6.45, 7) is 6.29. The average Bonchev–Trinajstić information content (AvgIpc) is 2.50. The maximum atomic E-state index is 5.87. The quantitative estimate of drug-likeness (QED) is 0.336. The van der Waals surface area contributed by atoms with E-state index in [0.717, 1.165) is 10.8 Å². The van der Waals surface area contributed by atoms with Gasteiger partial charge in [-0.2, -0.15) is 0 Å². The smallest absolute Gasteiger partial charge is 0.167 e. The van der Waals surface area contributed by atoms with Gasteiger partial charge in [0.2, 0.25) is 0 Å². The highest BCUT2D eigenvalue weighted by atomic mass is 127. The number of hydrogen-bond acceptors (Lipinski definition) is 2. The minimum absolute atomic E-state index is 0.0641. The summed E-state index contributed by atoms with van der Waals surface area (Å²) in [5, 5.41) is 0. The Kier molecular flexibility index (Phi) is 5.41. The lowest BCUT2D eigenvalue weighted by atomic mass is 10.1. The van der Waals surface area contributed by atoms with Gasteiger partial charge in [-0.25, -0.2) is 0 Å². The van der Waals surface area contributed by atoms with Crippen LogP contribution in [0.2, 0.25) is 0 Å². The normalized spacial score (nSPS) is 28.6. The highest BCUT2D eigenvalue weighted by Gasteiger charge is 2.23. The van der Waals surface area contributed by atoms with Gasteiger partial charge in [0.15, 0.2) is 6.29 Å². The highest BCUT2D eigenvalue weighted by molar-refractivity contribution is 14.1. The molecule has 0 amide bonds. The number of rotatable bonds is 5. The van der Waals surface area contributed by atoms with E-state index in [1.807, 2.05) is 13.8 Å². The molecule has 0 saturated heterocycles. The minimum atomic E-state index is -0.0641. The SMILES string of the molecule is CC(C)OC(CI)OC1C=CCC1C. The minimum Gasteiger partial charge on any atom is -0.349 e. The number of hydrogen-bond donors (Lipinski definition) is 0. The molecule has 0 bridgehead atoms. The van der Waals surface area contributed by atoms with Gasteiger partial charge in [-0.15, -0.1) is 0 Å². The molecule has 0 spiro atoms. The first-order valence-electron chi connectivity index (χ1n) is 5.17. The van der Waals surface area contributed by atoms with E-state index in [0.29, 0.717) is 5.92 Å². The van der Waals surface area contributed by atoms with Gasteiger partial charge in [-0.05, 0) is 26.2 Å². The standard InChI is InChI=1S/C11H19IO2/c1-8(2)13-11(7-12)14-10-6-4-5-9(10)3/h4,6,8-11H,5,7H2,1-3H3. The molecule has 0 aromatic heterocycles. The molecule has 3 heteroatoms. The molecule has 0 aromatic rings. The van der Waals surface area contributed by atoms with E-state index in [1.54, 1.807) is 0 Å². The van der Waals surface area contributed by atoms with E-state index in [1.165, 1.54) is 0 Å². The zero-order chi connectivity index (χ0) is 10.6. The molecule has 0 heterocycles. The van der Waals surface area contributed by atoms with Crippen molar-refractivity contribution in [2.24, 2.45) is 5.92 Å². The van der Waals surface area contributed by atoms with Crippen LogP contribution in [-0.2, 0) is 9.47 Å². The predicted molar refractivity (Wildman–Crippen MR) is 66.7 cm³/mol. The van der Waals surface area contributed by atoms with E-state index in [2.05, 4.69) is 41.7 Å². The summed E-state index contributed by atoms with van der Waals surface area (Å²) in [7, 11) is 0. The van der Waals surface area contributed by atoms with Crippen molar-refractivity contribution >= 4 is 22.6 Å². The molecule has 1 rings (SSSR count). The summed E-state index contributed by atoms with van der Waals surface area (Å²) >= 11 is 2.30. The topological polar surface area (TPSA) is 18.5 Å². The van der Waals surface area contributed by atoms with Crippen molar-refractivity contribution in [3.8, 4) is 0 Å². The lowest BCUT2D eigenvalue weighted by molar-refractivity contribution is -0.169. The molecule has 0 saturated carbocycles. The van der Waals surface area contributed by atoms with E-state index in [4.69, 9.17) is 9.47 Å². The zero-order valence-electron chi connectivity index (χ0n) is 9.07. The van der Waals surface area contributed by atoms with Gasteiger partial charge in [0.05, 0.1) is 16.6 Å². The van der Waals surface area contributed by atoms with Gasteiger partial charge in [-0.1, -0.05) is 41.7 Å². The Labute approximate surface area is 100 Å². The van der Waals surface area contributed by atoms with Crippen molar-refractivity contribution in [2.75, 3.05) is 4.43 Å². The largest absolute Gasteiger partial charge is 0.349 e. The Morgan fingerprint density at radius 3 is 2.64 bits per heavy atom. The molecule has 14 heavy (non-hydrogen) atoms. The Bertz CT molecular complexity index is 192. The average molecular weight is 310 g/mol. The lowest BCUT2D eigenvalue weighted by Gasteiger charge is -2.24. The molecule has 3 unspecified atom stereocenters. The molecule has 1 aliphatic rings. The third-order valence-corrected chi connectivity index (χ3v) is 2.97. The number of allylic oxidation sites excluding steroid dienone is 1. The zero-order valence-corrected chi connectivity index (χ0v) is 11.2. The van der Waals surface area contributed by atoms with Crippen LogP contribution in [0, 0.1) is 5.92 Å². The van der Waals surface area contributed by atoms with Gasteiger partial charge < -0.3 is 9.47 Å². The number of halogens is 1. The first-order chi connectivity index (χ1) is 6.63. The molecular weight excluding hydrogens is 291 g/mol. The van der Waals surface area contributed by atoms with Gasteiger partial charge in [-0.3, -0.25) is 0 Å². The lowest BCUT2D eigenvalue weighted by Crippen LogP contribution is -2.29. The Hall–Kier alpha value is 0.390. The third kappa shape index (κ3) is 3.87. The second-order valence-corrected chi connectivity index (χ2v) is 4.89. The first kappa shape index (κ1) is 12.5. The van der Waals surface area contributed by atoms with Crippen molar-refractivity contribution in [1.29, 1.82) is 0 Å². The van der Waals surface area contributed by atoms with Crippen molar-refractivity contribution in [1.82, 2.24) is 0 Å². The van der Waals surface area contributed by atoms with E-state index < -0.39 is 0 Å². The van der Waals surface area contributed by atoms with Crippen LogP contribution < -0.4 is 0 Å². The monoisotopic (exact) mass is 310 g/mol. The summed E-state index contributed by atoms with van der Waals surface area (Å²) < 4.78 is 12.4. The predicted octanol–water partition coefficient (Wildman–Crippen LogP) is 3.15. The fourth-order valence-corrected chi connectivity index (χ4v) is 1.93. The molecule has 82 valence electrons. The Morgan fingerprint density at radius 2 is 2.21 bits per heavy atom. The fraction of sp³-hybridized carbons (Fsp3) is 0.818. The molecule has 0 aliphatic heterocycles. The van der Waals surface area contributed by atoms with Crippen LogP contribution in [0.5, 0.6) is 0 Å². The molecule has 0 aromatic carbocycles. The highest BCUT2D eigenvalue weighted by Crippen LogP contribution is 2.23. The van der Waals surface area contributed by atoms with Crippen LogP contribution in [0.4, 0.5) is 0 Å². The van der Waals surface area contributed by atoms with Crippen LogP contribution in [-0.4, -0.2) is 22.9 Å². The first-order valence-corrected chi connectivity index (χ1v) is 6.69. The van der Waals surface area contributed by atoms with Crippen LogP contribution in [0.25, 0.3) is 0 Å². The third-order valence-electron chi connectivity index (χ3n) is 2.25. The second kappa shape index (κ2) is 6.08. The van der Waals surface area contributed by atoms with Gasteiger partial charge in [0.1, 0.15) is 0 Å². The summed E-state index contributed by atoms with van der Waals surface area (Å²) in [5.41, 5.74) is 0. The Balaban J connectivity index is 2.35. The molecule has 0 fully saturated rings. The van der Waals surface area contributed by atoms with Crippen molar-refractivity contribution in [3.63, 3.8) is 0 Å². The Morgan fingerprint density at radius 1 is 1.50 bits per heavy atom. The molecule has 1 aliphatic carbocycles. The van der Waals surface area contributed by atoms with Crippen LogP contribution in [0.3, 0.4) is 0 Å². The van der Waals surface area contributed by atoms with Crippen molar-refractivity contribution in [2.45, 2.75) is 45.7 Å². The van der Waals surface area contributed by atoms with Crippen LogP contribution in [0.15, 0.2) is 12.2 Å². The van der Waals surface area contributed by atoms with Gasteiger partial charge in [0, 0.05) is 0 Å². The molecule has 3 atom stereocenters. The van der Waals surface area contributed by atoms with Crippen molar-refractivity contribution in [3.05, 3.63) is 12.2 Å². The van der Waals surface area contributed by atoms with E-state index in [-0.39, 0.29) is 18.5 Å². The number of alkyl halides is 1.